The zero-order chi connectivity index (χ0) is 18.0. The van der Waals surface area contributed by atoms with E-state index in [1.54, 1.807) is 0 Å². The van der Waals surface area contributed by atoms with Gasteiger partial charge in [-0.15, -0.1) is 0 Å². The molecule has 25 heavy (non-hydrogen) atoms. The summed E-state index contributed by atoms with van der Waals surface area (Å²) in [5.41, 5.74) is 12.2. The largest absolute Gasteiger partial charge is 0.437 e. The predicted molar refractivity (Wildman–Crippen MR) is 102 cm³/mol. The molecule has 0 amide bonds. The van der Waals surface area contributed by atoms with E-state index in [1.165, 1.54) is 11.9 Å². The van der Waals surface area contributed by atoms with E-state index in [0.717, 1.165) is 22.4 Å². The molecule has 0 aliphatic rings. The van der Waals surface area contributed by atoms with Crippen molar-refractivity contribution in [3.63, 3.8) is 0 Å². The van der Waals surface area contributed by atoms with Crippen molar-refractivity contribution in [3.8, 4) is 11.6 Å². The van der Waals surface area contributed by atoms with E-state index in [1.807, 2.05) is 38.1 Å². The first-order valence-electron chi connectivity index (χ1n) is 8.14. The lowest BCUT2D eigenvalue weighted by molar-refractivity contribution is 0.464. The average Bonchev–Trinajstić information content (AvgIpc) is 2.54. The van der Waals surface area contributed by atoms with Crippen LogP contribution in [0.4, 0.5) is 17.2 Å². The smallest absolute Gasteiger partial charge is 0.248 e. The van der Waals surface area contributed by atoms with Crippen LogP contribution in [0.2, 0.25) is 0 Å². The molecular weight excluding hydrogens is 312 g/mol. The summed E-state index contributed by atoms with van der Waals surface area (Å²) in [5.74, 6) is 1.58. The van der Waals surface area contributed by atoms with Gasteiger partial charge in [0, 0.05) is 5.69 Å². The van der Waals surface area contributed by atoms with Gasteiger partial charge in [-0.05, 0) is 68.1 Å². The SMILES string of the molecule is Cc1cc(C)cc(Oc2ncnc(Nc3cccc(C)c3C)c2N)c1. The van der Waals surface area contributed by atoms with E-state index in [0.29, 0.717) is 23.1 Å². The molecule has 0 saturated carbocycles. The van der Waals surface area contributed by atoms with Crippen LogP contribution in [-0.4, -0.2) is 9.97 Å². The van der Waals surface area contributed by atoms with Crippen LogP contribution in [0.1, 0.15) is 22.3 Å². The number of nitrogens with zero attached hydrogens (tertiary/aromatic N) is 2. The number of anilines is 3. The molecule has 0 radical (unpaired) electrons. The maximum Gasteiger partial charge on any atom is 0.248 e. The number of benzene rings is 2. The predicted octanol–water partition coefficient (Wildman–Crippen LogP) is 4.83. The van der Waals surface area contributed by atoms with Crippen molar-refractivity contribution in [2.75, 3.05) is 11.1 Å². The fraction of sp³-hybridized carbons (Fsp3) is 0.200. The third kappa shape index (κ3) is 3.71. The van der Waals surface area contributed by atoms with Crippen molar-refractivity contribution < 1.29 is 4.74 Å². The van der Waals surface area contributed by atoms with Crippen molar-refractivity contribution in [2.24, 2.45) is 0 Å². The molecule has 0 fully saturated rings. The van der Waals surface area contributed by atoms with Gasteiger partial charge in [0.25, 0.3) is 0 Å². The summed E-state index contributed by atoms with van der Waals surface area (Å²) in [4.78, 5) is 8.43. The van der Waals surface area contributed by atoms with Gasteiger partial charge < -0.3 is 15.8 Å². The third-order valence-electron chi connectivity index (χ3n) is 4.11. The molecule has 0 bridgehead atoms. The van der Waals surface area contributed by atoms with Crippen molar-refractivity contribution in [1.29, 1.82) is 0 Å². The molecule has 2 aromatic carbocycles. The maximum absolute atomic E-state index is 6.23. The van der Waals surface area contributed by atoms with E-state index >= 15 is 0 Å². The molecule has 3 aromatic rings. The van der Waals surface area contributed by atoms with Crippen LogP contribution in [0.25, 0.3) is 0 Å². The van der Waals surface area contributed by atoms with E-state index in [2.05, 4.69) is 41.3 Å². The number of rotatable bonds is 4. The zero-order valence-corrected chi connectivity index (χ0v) is 14.9. The maximum atomic E-state index is 6.23. The van der Waals surface area contributed by atoms with E-state index in [9.17, 15) is 0 Å². The molecular formula is C20H22N4O. The minimum Gasteiger partial charge on any atom is -0.437 e. The highest BCUT2D eigenvalue weighted by Gasteiger charge is 2.12. The Bertz CT molecular complexity index is 901. The molecule has 0 unspecified atom stereocenters. The van der Waals surface area contributed by atoms with Crippen molar-refractivity contribution in [2.45, 2.75) is 27.7 Å². The molecule has 0 atom stereocenters. The second-order valence-corrected chi connectivity index (χ2v) is 6.24. The second-order valence-electron chi connectivity index (χ2n) is 6.24. The first-order chi connectivity index (χ1) is 11.9. The molecule has 3 rings (SSSR count). The number of aryl methyl sites for hydroxylation is 3. The van der Waals surface area contributed by atoms with E-state index in [-0.39, 0.29) is 0 Å². The Morgan fingerprint density at radius 2 is 1.68 bits per heavy atom. The van der Waals surface area contributed by atoms with Gasteiger partial charge in [-0.2, -0.15) is 4.98 Å². The first-order valence-corrected chi connectivity index (χ1v) is 8.14. The molecule has 5 heteroatoms. The van der Waals surface area contributed by atoms with Gasteiger partial charge in [0.05, 0.1) is 0 Å². The number of ether oxygens (including phenoxy) is 1. The Morgan fingerprint density at radius 3 is 2.40 bits per heavy atom. The number of aromatic nitrogens is 2. The van der Waals surface area contributed by atoms with Gasteiger partial charge in [-0.3, -0.25) is 0 Å². The minimum absolute atomic E-state index is 0.341. The van der Waals surface area contributed by atoms with Gasteiger partial charge >= 0.3 is 0 Å². The van der Waals surface area contributed by atoms with Crippen LogP contribution in [0.5, 0.6) is 11.6 Å². The standard InChI is InChI=1S/C20H22N4O/c1-12-8-13(2)10-16(9-12)25-20-18(21)19(22-11-23-20)24-17-7-5-6-14(3)15(17)4/h5-11H,21H2,1-4H3,(H,22,23,24). The van der Waals surface area contributed by atoms with Gasteiger partial charge in [0.15, 0.2) is 5.82 Å². The molecule has 1 aromatic heterocycles. The third-order valence-corrected chi connectivity index (χ3v) is 4.11. The number of hydrogen-bond acceptors (Lipinski definition) is 5. The fourth-order valence-corrected chi connectivity index (χ4v) is 2.68. The van der Waals surface area contributed by atoms with Crippen molar-refractivity contribution in [3.05, 3.63) is 65.0 Å². The molecule has 1 heterocycles. The highest BCUT2D eigenvalue weighted by molar-refractivity contribution is 5.74. The Kier molecular flexibility index (Phi) is 4.57. The number of nitrogen functional groups attached to an aromatic ring is 1. The first kappa shape index (κ1) is 16.8. The molecule has 0 spiro atoms. The summed E-state index contributed by atoms with van der Waals surface area (Å²) in [6, 6.07) is 12.0. The lowest BCUT2D eigenvalue weighted by Gasteiger charge is -2.14. The van der Waals surface area contributed by atoms with Gasteiger partial charge in [-0.1, -0.05) is 18.2 Å². The summed E-state index contributed by atoms with van der Waals surface area (Å²) < 4.78 is 5.89. The van der Waals surface area contributed by atoms with Crippen LogP contribution < -0.4 is 15.8 Å². The monoisotopic (exact) mass is 334 g/mol. The average molecular weight is 334 g/mol. The van der Waals surface area contributed by atoms with E-state index < -0.39 is 0 Å². The lowest BCUT2D eigenvalue weighted by atomic mass is 10.1. The molecule has 0 aliphatic heterocycles. The zero-order valence-electron chi connectivity index (χ0n) is 14.9. The second kappa shape index (κ2) is 6.81. The summed E-state index contributed by atoms with van der Waals surface area (Å²) in [6.07, 6.45) is 1.45. The number of nitrogens with two attached hydrogens (primary N) is 1. The molecule has 0 saturated heterocycles. The number of hydrogen-bond donors (Lipinski definition) is 2. The van der Waals surface area contributed by atoms with Crippen LogP contribution >= 0.6 is 0 Å². The van der Waals surface area contributed by atoms with Crippen molar-refractivity contribution in [1.82, 2.24) is 9.97 Å². The van der Waals surface area contributed by atoms with E-state index in [4.69, 9.17) is 10.5 Å². The Morgan fingerprint density at radius 1 is 0.960 bits per heavy atom. The topological polar surface area (TPSA) is 73.1 Å². The summed E-state index contributed by atoms with van der Waals surface area (Å²) in [6.45, 7) is 8.17. The number of nitrogens with one attached hydrogen (secondary N) is 1. The fourth-order valence-electron chi connectivity index (χ4n) is 2.68. The van der Waals surface area contributed by atoms with Gasteiger partial charge in [-0.25, -0.2) is 4.98 Å². The summed E-state index contributed by atoms with van der Waals surface area (Å²) in [5, 5.41) is 3.27. The minimum atomic E-state index is 0.341. The van der Waals surface area contributed by atoms with Crippen LogP contribution in [0.15, 0.2) is 42.7 Å². The Labute approximate surface area is 147 Å². The van der Waals surface area contributed by atoms with Gasteiger partial charge in [0.2, 0.25) is 5.88 Å². The summed E-state index contributed by atoms with van der Waals surface area (Å²) in [7, 11) is 0. The molecule has 128 valence electrons. The molecule has 0 aliphatic carbocycles. The Balaban J connectivity index is 1.91. The normalized spacial score (nSPS) is 10.6. The van der Waals surface area contributed by atoms with Gasteiger partial charge in [0.1, 0.15) is 17.8 Å². The highest BCUT2D eigenvalue weighted by atomic mass is 16.5. The highest BCUT2D eigenvalue weighted by Crippen LogP contribution is 2.32. The Hall–Kier alpha value is -3.08. The quantitative estimate of drug-likeness (QED) is 0.715. The van der Waals surface area contributed by atoms with Crippen LogP contribution in [0.3, 0.4) is 0 Å². The van der Waals surface area contributed by atoms with Crippen LogP contribution in [-0.2, 0) is 0 Å². The van der Waals surface area contributed by atoms with Crippen LogP contribution in [0, 0.1) is 27.7 Å². The lowest BCUT2D eigenvalue weighted by Crippen LogP contribution is -2.04. The molecule has 3 N–H and O–H groups in total. The van der Waals surface area contributed by atoms with Crippen molar-refractivity contribution >= 4 is 17.2 Å². The summed E-state index contributed by atoms with van der Waals surface area (Å²) >= 11 is 0. The molecule has 5 nitrogen and oxygen atoms in total.